The van der Waals surface area contributed by atoms with Gasteiger partial charge in [0.05, 0.1) is 34.2 Å². The summed E-state index contributed by atoms with van der Waals surface area (Å²) in [5.41, 5.74) is 0.431. The van der Waals surface area contributed by atoms with Gasteiger partial charge < -0.3 is 9.05 Å². The molecule has 3 aromatic carbocycles. The van der Waals surface area contributed by atoms with Gasteiger partial charge in [-0.2, -0.15) is 0 Å². The van der Waals surface area contributed by atoms with Crippen molar-refractivity contribution >= 4 is 19.0 Å². The number of nitrogens with one attached hydrogen (secondary N) is 1. The Balaban J connectivity index is 1.95. The van der Waals surface area contributed by atoms with Crippen molar-refractivity contribution in [2.45, 2.75) is 46.3 Å². The lowest BCUT2D eigenvalue weighted by Gasteiger charge is -2.36. The number of nitrogens with zero attached hydrogens (tertiary/aromatic N) is 2. The molecule has 3 aromatic rings. The van der Waals surface area contributed by atoms with Crippen LogP contribution < -0.4 is 5.32 Å². The highest BCUT2D eigenvalue weighted by Crippen LogP contribution is 2.59. The van der Waals surface area contributed by atoms with Gasteiger partial charge in [0.25, 0.3) is 11.4 Å². The van der Waals surface area contributed by atoms with Crippen molar-refractivity contribution < 1.29 is 23.5 Å². The zero-order valence-corrected chi connectivity index (χ0v) is 21.8. The van der Waals surface area contributed by atoms with Crippen molar-refractivity contribution in [3.8, 4) is 0 Å². The lowest BCUT2D eigenvalue weighted by Crippen LogP contribution is -2.40. The van der Waals surface area contributed by atoms with Gasteiger partial charge in [-0.05, 0) is 23.1 Å². The van der Waals surface area contributed by atoms with E-state index in [9.17, 15) is 24.8 Å². The Morgan fingerprint density at radius 1 is 0.784 bits per heavy atom. The number of nitro benzene ring substituents is 2. The lowest BCUT2D eigenvalue weighted by atomic mass is 9.96. The molecule has 0 spiro atoms. The molecule has 0 bridgehead atoms. The van der Waals surface area contributed by atoms with E-state index in [1.54, 1.807) is 12.1 Å². The van der Waals surface area contributed by atoms with Crippen LogP contribution in [0.3, 0.4) is 0 Å². The zero-order chi connectivity index (χ0) is 27.1. The molecule has 0 aliphatic heterocycles. The third-order valence-corrected chi connectivity index (χ3v) is 8.22. The zero-order valence-electron chi connectivity index (χ0n) is 20.9. The topological polar surface area (TPSA) is 134 Å². The Labute approximate surface area is 215 Å². The molecule has 0 fully saturated rings. The predicted octanol–water partition coefficient (Wildman–Crippen LogP) is 6.59. The Morgan fingerprint density at radius 2 is 1.22 bits per heavy atom. The number of nitro groups is 2. The first-order valence-corrected chi connectivity index (χ1v) is 13.2. The Morgan fingerprint density at radius 3 is 1.65 bits per heavy atom. The van der Waals surface area contributed by atoms with Gasteiger partial charge in [0.15, 0.2) is 0 Å². The van der Waals surface area contributed by atoms with E-state index in [0.717, 1.165) is 5.56 Å². The van der Waals surface area contributed by atoms with Crippen LogP contribution in [0.4, 0.5) is 11.4 Å². The van der Waals surface area contributed by atoms with Crippen LogP contribution in [0, 0.1) is 25.6 Å². The minimum atomic E-state index is -4.08. The van der Waals surface area contributed by atoms with Gasteiger partial charge in [-0.25, -0.2) is 0 Å². The highest BCUT2D eigenvalue weighted by molar-refractivity contribution is 7.54. The van der Waals surface area contributed by atoms with Gasteiger partial charge in [0.1, 0.15) is 5.78 Å². The maximum absolute atomic E-state index is 14.4. The predicted molar refractivity (Wildman–Crippen MR) is 140 cm³/mol. The molecule has 1 N–H and O–H groups in total. The van der Waals surface area contributed by atoms with Gasteiger partial charge in [-0.15, -0.1) is 0 Å². The van der Waals surface area contributed by atoms with Crippen LogP contribution in [-0.4, -0.2) is 15.6 Å². The molecular formula is C26H30N3O7P. The second-order valence-corrected chi connectivity index (χ2v) is 11.6. The maximum atomic E-state index is 14.4. The molecule has 0 aliphatic rings. The summed E-state index contributed by atoms with van der Waals surface area (Å²) in [4.78, 5) is 21.9. The molecule has 0 aromatic heterocycles. The molecule has 37 heavy (non-hydrogen) atoms. The van der Waals surface area contributed by atoms with E-state index in [-0.39, 0.29) is 35.7 Å². The van der Waals surface area contributed by atoms with Crippen LogP contribution in [0.2, 0.25) is 0 Å². The smallest absolute Gasteiger partial charge is 0.302 e. The number of hydrogen-bond donors (Lipinski definition) is 1. The third kappa shape index (κ3) is 7.53. The molecule has 3 rings (SSSR count). The molecular weight excluding hydrogens is 497 g/mol. The molecule has 0 amide bonds. The molecule has 1 atom stereocenters. The summed E-state index contributed by atoms with van der Waals surface area (Å²) < 4.78 is 26.2. The highest BCUT2D eigenvalue weighted by atomic mass is 31.2. The molecule has 0 radical (unpaired) electrons. The van der Waals surface area contributed by atoms with E-state index in [4.69, 9.17) is 9.05 Å². The summed E-state index contributed by atoms with van der Waals surface area (Å²) in [5, 5.41) is 26.3. The SMILES string of the molecule is CC(C)(C)[C@@H](NCc1ccccc1)P(=O)(OCc1ccccc1[N+](=O)[O-])OCc1ccccc1[N+](=O)[O-]. The minimum Gasteiger partial charge on any atom is -0.302 e. The molecule has 0 aliphatic carbocycles. The van der Waals surface area contributed by atoms with E-state index in [1.165, 1.54) is 36.4 Å². The van der Waals surface area contributed by atoms with Crippen LogP contribution in [0.1, 0.15) is 37.5 Å². The molecule has 0 unspecified atom stereocenters. The van der Waals surface area contributed by atoms with Gasteiger partial charge >= 0.3 is 7.60 Å². The van der Waals surface area contributed by atoms with E-state index in [1.807, 2.05) is 51.1 Å². The van der Waals surface area contributed by atoms with E-state index >= 15 is 0 Å². The molecule has 0 saturated heterocycles. The molecule has 10 nitrogen and oxygen atoms in total. The van der Waals surface area contributed by atoms with Crippen molar-refractivity contribution in [1.82, 2.24) is 5.32 Å². The Hall–Kier alpha value is -3.43. The van der Waals surface area contributed by atoms with Crippen molar-refractivity contribution in [1.29, 1.82) is 0 Å². The fraction of sp³-hybridized carbons (Fsp3) is 0.308. The van der Waals surface area contributed by atoms with Crippen LogP contribution in [0.5, 0.6) is 0 Å². The van der Waals surface area contributed by atoms with Crippen molar-refractivity contribution in [2.24, 2.45) is 5.41 Å². The van der Waals surface area contributed by atoms with Gasteiger partial charge in [-0.3, -0.25) is 30.1 Å². The minimum absolute atomic E-state index is 0.169. The normalized spacial score (nSPS) is 12.7. The molecule has 0 saturated carbocycles. The first-order chi connectivity index (χ1) is 17.5. The standard InChI is InChI=1S/C26H30N3O7P/c1-26(2,3)25(27-17-20-11-5-4-6-12-20)37(34,35-18-21-13-7-9-15-23(21)28(30)31)36-19-22-14-8-10-16-24(22)29(32)33/h4-16,25,27H,17-19H2,1-3H3/t25-/m0/s1. The first kappa shape index (κ1) is 28.1. The fourth-order valence-electron chi connectivity index (χ4n) is 3.83. The van der Waals surface area contributed by atoms with E-state index < -0.39 is 28.6 Å². The van der Waals surface area contributed by atoms with Crippen LogP contribution in [0.15, 0.2) is 78.9 Å². The summed E-state index contributed by atoms with van der Waals surface area (Å²) in [6.07, 6.45) is 0. The van der Waals surface area contributed by atoms with Gasteiger partial charge in [0, 0.05) is 18.7 Å². The van der Waals surface area contributed by atoms with Crippen LogP contribution in [0.25, 0.3) is 0 Å². The Kier molecular flexibility index (Phi) is 9.29. The summed E-state index contributed by atoms with van der Waals surface area (Å²) in [6.45, 7) is 5.27. The van der Waals surface area contributed by atoms with Gasteiger partial charge in [0.2, 0.25) is 0 Å². The van der Waals surface area contributed by atoms with E-state index in [2.05, 4.69) is 5.32 Å². The molecule has 11 heteroatoms. The summed E-state index contributed by atoms with van der Waals surface area (Å²) in [6, 6.07) is 21.5. The number of para-hydroxylation sites is 2. The summed E-state index contributed by atoms with van der Waals surface area (Å²) in [5.74, 6) is -0.842. The fourth-order valence-corrected chi connectivity index (χ4v) is 6.10. The monoisotopic (exact) mass is 527 g/mol. The number of hydrogen-bond acceptors (Lipinski definition) is 8. The van der Waals surface area contributed by atoms with Crippen molar-refractivity contribution in [3.63, 3.8) is 0 Å². The van der Waals surface area contributed by atoms with Gasteiger partial charge in [-0.1, -0.05) is 75.4 Å². The van der Waals surface area contributed by atoms with Crippen molar-refractivity contribution in [2.75, 3.05) is 0 Å². The van der Waals surface area contributed by atoms with E-state index in [0.29, 0.717) is 6.54 Å². The first-order valence-electron chi connectivity index (χ1n) is 11.6. The maximum Gasteiger partial charge on any atom is 0.348 e. The second-order valence-electron chi connectivity index (χ2n) is 9.49. The van der Waals surface area contributed by atoms with Crippen molar-refractivity contribution in [3.05, 3.63) is 116 Å². The number of benzene rings is 3. The molecule has 196 valence electrons. The highest BCUT2D eigenvalue weighted by Gasteiger charge is 2.44. The summed E-state index contributed by atoms with van der Waals surface area (Å²) >= 11 is 0. The van der Waals surface area contributed by atoms with Crippen LogP contribution in [-0.2, 0) is 33.4 Å². The average Bonchev–Trinajstić information content (AvgIpc) is 2.86. The average molecular weight is 528 g/mol. The number of rotatable bonds is 12. The second kappa shape index (κ2) is 12.2. The van der Waals surface area contributed by atoms with Crippen LogP contribution >= 0.6 is 7.60 Å². The molecule has 0 heterocycles. The lowest BCUT2D eigenvalue weighted by molar-refractivity contribution is -0.385. The summed E-state index contributed by atoms with van der Waals surface area (Å²) in [7, 11) is -4.08. The quantitative estimate of drug-likeness (QED) is 0.158. The third-order valence-electron chi connectivity index (χ3n) is 5.66. The largest absolute Gasteiger partial charge is 0.348 e. The Bertz CT molecular complexity index is 1210.